The van der Waals surface area contributed by atoms with E-state index >= 15 is 0 Å². The lowest BCUT2D eigenvalue weighted by Crippen LogP contribution is -2.12. The van der Waals surface area contributed by atoms with Crippen LogP contribution in [0.15, 0.2) is 45.3 Å². The number of ether oxygens (including phenoxy) is 1. The van der Waals surface area contributed by atoms with E-state index in [9.17, 15) is 8.42 Å². The fraction of sp³-hybridized carbons (Fsp3) is 0.316. The number of aromatic nitrogens is 1. The molecule has 3 aromatic rings. The Bertz CT molecular complexity index is 1030. The minimum Gasteiger partial charge on any atom is -0.492 e. The molecule has 0 bridgehead atoms. The Labute approximate surface area is 168 Å². The van der Waals surface area contributed by atoms with Crippen LogP contribution in [0.3, 0.4) is 0 Å². The van der Waals surface area contributed by atoms with E-state index in [1.54, 1.807) is 30.3 Å². The summed E-state index contributed by atoms with van der Waals surface area (Å²) in [7, 11) is -3.70. The average molecular weight is 423 g/mol. The second-order valence-corrected chi connectivity index (χ2v) is 10.7. The molecular weight excluding hydrogens is 400 g/mol. The molecule has 1 aromatic carbocycles. The number of nitrogens with one attached hydrogen (secondary N) is 1. The summed E-state index contributed by atoms with van der Waals surface area (Å²) in [6.45, 7) is 8.64. The molecule has 144 valence electrons. The van der Waals surface area contributed by atoms with E-state index in [1.165, 1.54) is 22.7 Å². The van der Waals surface area contributed by atoms with Crippen molar-refractivity contribution in [1.82, 2.24) is 4.98 Å². The van der Waals surface area contributed by atoms with Gasteiger partial charge >= 0.3 is 0 Å². The predicted octanol–water partition coefficient (Wildman–Crippen LogP) is 5.37. The molecule has 0 radical (unpaired) electrons. The van der Waals surface area contributed by atoms with Crippen LogP contribution < -0.4 is 9.46 Å². The highest BCUT2D eigenvalue weighted by Crippen LogP contribution is 2.35. The lowest BCUT2D eigenvalue weighted by molar-refractivity contribution is 0.342. The highest BCUT2D eigenvalue weighted by Gasteiger charge is 2.22. The summed E-state index contributed by atoms with van der Waals surface area (Å²) in [5, 5.41) is 4.68. The van der Waals surface area contributed by atoms with E-state index in [0.29, 0.717) is 18.0 Å². The number of para-hydroxylation sites is 2. The van der Waals surface area contributed by atoms with Crippen LogP contribution >= 0.6 is 22.7 Å². The van der Waals surface area contributed by atoms with Crippen LogP contribution in [0.4, 0.5) is 5.69 Å². The normalized spacial score (nSPS) is 12.1. The Balaban J connectivity index is 1.86. The number of sulfonamides is 1. The first kappa shape index (κ1) is 19.9. The Hall–Kier alpha value is -1.90. The molecule has 1 N–H and O–H groups in total. The third-order valence-electron chi connectivity index (χ3n) is 3.79. The zero-order chi connectivity index (χ0) is 19.7. The largest absolute Gasteiger partial charge is 0.492 e. The molecule has 5 nitrogen and oxygen atoms in total. The van der Waals surface area contributed by atoms with Gasteiger partial charge < -0.3 is 4.74 Å². The van der Waals surface area contributed by atoms with Gasteiger partial charge in [-0.1, -0.05) is 32.9 Å². The molecule has 0 atom stereocenters. The van der Waals surface area contributed by atoms with Gasteiger partial charge in [0.2, 0.25) is 0 Å². The van der Waals surface area contributed by atoms with E-state index in [1.807, 2.05) is 17.7 Å². The van der Waals surface area contributed by atoms with Gasteiger partial charge in [0.1, 0.15) is 15.0 Å². The second kappa shape index (κ2) is 7.61. The summed E-state index contributed by atoms with van der Waals surface area (Å²) in [4.78, 5) is 4.66. The van der Waals surface area contributed by atoms with Crippen LogP contribution in [-0.2, 0) is 15.4 Å². The predicted molar refractivity (Wildman–Crippen MR) is 113 cm³/mol. The van der Waals surface area contributed by atoms with Crippen LogP contribution in [0.5, 0.6) is 5.75 Å². The number of anilines is 1. The Morgan fingerprint density at radius 1 is 1.15 bits per heavy atom. The number of benzene rings is 1. The van der Waals surface area contributed by atoms with E-state index in [-0.39, 0.29) is 9.62 Å². The molecule has 3 rings (SSSR count). The summed E-state index contributed by atoms with van der Waals surface area (Å²) < 4.78 is 34.0. The number of hydrogen-bond donors (Lipinski definition) is 1. The van der Waals surface area contributed by atoms with Crippen molar-refractivity contribution in [2.24, 2.45) is 0 Å². The number of rotatable bonds is 6. The summed E-state index contributed by atoms with van der Waals surface area (Å²) in [5.74, 6) is 0.509. The minimum absolute atomic E-state index is 0.0375. The monoisotopic (exact) mass is 422 g/mol. The molecule has 27 heavy (non-hydrogen) atoms. The van der Waals surface area contributed by atoms with Gasteiger partial charge in [-0.2, -0.15) is 0 Å². The van der Waals surface area contributed by atoms with Crippen molar-refractivity contribution in [2.75, 3.05) is 11.3 Å². The quantitative estimate of drug-likeness (QED) is 0.580. The molecule has 0 fully saturated rings. The van der Waals surface area contributed by atoms with Gasteiger partial charge in [-0.3, -0.25) is 4.72 Å². The number of hydrogen-bond acceptors (Lipinski definition) is 6. The zero-order valence-corrected chi connectivity index (χ0v) is 18.1. The Morgan fingerprint density at radius 3 is 2.56 bits per heavy atom. The number of nitrogens with zero attached hydrogens (tertiary/aromatic N) is 1. The zero-order valence-electron chi connectivity index (χ0n) is 15.6. The van der Waals surface area contributed by atoms with Crippen LogP contribution in [0.2, 0.25) is 0 Å². The fourth-order valence-electron chi connectivity index (χ4n) is 2.35. The van der Waals surface area contributed by atoms with Crippen molar-refractivity contribution in [3.63, 3.8) is 0 Å². The van der Waals surface area contributed by atoms with Crippen molar-refractivity contribution >= 4 is 38.4 Å². The number of thiazole rings is 1. The van der Waals surface area contributed by atoms with Crippen molar-refractivity contribution in [1.29, 1.82) is 0 Å². The van der Waals surface area contributed by atoms with Gasteiger partial charge in [0.05, 0.1) is 18.0 Å². The maximum atomic E-state index is 12.8. The van der Waals surface area contributed by atoms with Gasteiger partial charge in [-0.05, 0) is 25.1 Å². The summed E-state index contributed by atoms with van der Waals surface area (Å²) in [6.07, 6.45) is 0. The fourth-order valence-corrected chi connectivity index (χ4v) is 5.69. The van der Waals surface area contributed by atoms with E-state index in [4.69, 9.17) is 4.74 Å². The molecule has 0 spiro atoms. The smallest absolute Gasteiger partial charge is 0.271 e. The summed E-state index contributed by atoms with van der Waals surface area (Å²) in [5.41, 5.74) is 2.21. The highest BCUT2D eigenvalue weighted by molar-refractivity contribution is 7.94. The van der Waals surface area contributed by atoms with Crippen molar-refractivity contribution in [3.8, 4) is 16.3 Å². The second-order valence-electron chi connectivity index (χ2n) is 6.98. The van der Waals surface area contributed by atoms with Crippen LogP contribution in [0.1, 0.15) is 33.4 Å². The summed E-state index contributed by atoms with van der Waals surface area (Å²) >= 11 is 2.71. The topological polar surface area (TPSA) is 68.3 Å². The molecule has 2 heterocycles. The van der Waals surface area contributed by atoms with E-state index in [2.05, 4.69) is 30.5 Å². The van der Waals surface area contributed by atoms with Crippen molar-refractivity contribution < 1.29 is 13.2 Å². The first-order valence-electron chi connectivity index (χ1n) is 8.50. The van der Waals surface area contributed by atoms with Crippen molar-refractivity contribution in [2.45, 2.75) is 37.3 Å². The standard InChI is InChI=1S/C19H22N2O3S3/c1-5-24-15-9-7-6-8-14(15)21-27(22,23)17-10-13(11-25-17)18-20-16(12-26-18)19(2,3)4/h6-12,21H,5H2,1-4H3. The molecule has 2 aromatic heterocycles. The van der Waals surface area contributed by atoms with Gasteiger partial charge in [-0.25, -0.2) is 13.4 Å². The molecule has 0 unspecified atom stereocenters. The molecule has 0 aliphatic heterocycles. The highest BCUT2D eigenvalue weighted by atomic mass is 32.2. The van der Waals surface area contributed by atoms with Crippen LogP contribution in [0.25, 0.3) is 10.6 Å². The molecule has 0 amide bonds. The van der Waals surface area contributed by atoms with Gasteiger partial charge in [-0.15, -0.1) is 22.7 Å². The Morgan fingerprint density at radius 2 is 1.89 bits per heavy atom. The molecule has 0 saturated carbocycles. The van der Waals surface area contributed by atoms with Crippen LogP contribution in [-0.4, -0.2) is 20.0 Å². The van der Waals surface area contributed by atoms with Crippen molar-refractivity contribution in [3.05, 3.63) is 46.8 Å². The maximum Gasteiger partial charge on any atom is 0.271 e. The third-order valence-corrected chi connectivity index (χ3v) is 7.49. The maximum absolute atomic E-state index is 12.8. The first-order chi connectivity index (χ1) is 12.7. The van der Waals surface area contributed by atoms with Gasteiger partial charge in [0, 0.05) is 21.7 Å². The lowest BCUT2D eigenvalue weighted by atomic mass is 9.93. The van der Waals surface area contributed by atoms with Gasteiger partial charge in [0.15, 0.2) is 0 Å². The third kappa shape index (κ3) is 4.51. The molecule has 8 heteroatoms. The Kier molecular flexibility index (Phi) is 5.60. The molecule has 0 aliphatic carbocycles. The number of thiophene rings is 1. The molecule has 0 aliphatic rings. The summed E-state index contributed by atoms with van der Waals surface area (Å²) in [6, 6.07) is 8.67. The molecule has 0 saturated heterocycles. The minimum atomic E-state index is -3.70. The average Bonchev–Trinajstić information content (AvgIpc) is 3.25. The van der Waals surface area contributed by atoms with Gasteiger partial charge in [0.25, 0.3) is 10.0 Å². The van der Waals surface area contributed by atoms with E-state index in [0.717, 1.165) is 16.3 Å². The SMILES string of the molecule is CCOc1ccccc1NS(=O)(=O)c1cc(-c2nc(C(C)(C)C)cs2)cs1. The van der Waals surface area contributed by atoms with E-state index < -0.39 is 10.0 Å². The first-order valence-corrected chi connectivity index (χ1v) is 11.7. The molecular formula is C19H22N2O3S3. The lowest BCUT2D eigenvalue weighted by Gasteiger charge is -2.14. The van der Waals surface area contributed by atoms with Crippen LogP contribution in [0, 0.1) is 0 Å².